The fourth-order valence-electron chi connectivity index (χ4n) is 4.97. The van der Waals surface area contributed by atoms with E-state index in [1.54, 1.807) is 40.0 Å². The molecule has 4 aromatic carbocycles. The quantitative estimate of drug-likeness (QED) is 0.194. The van der Waals surface area contributed by atoms with Crippen molar-refractivity contribution in [3.63, 3.8) is 0 Å². The Hall–Kier alpha value is -4.96. The summed E-state index contributed by atoms with van der Waals surface area (Å²) in [7, 11) is -13.3. The van der Waals surface area contributed by atoms with Crippen LogP contribution in [0.2, 0.25) is 0 Å². The van der Waals surface area contributed by atoms with Crippen LogP contribution in [0.4, 0.5) is 0 Å². The second-order valence-electron chi connectivity index (χ2n) is 11.0. The molecule has 0 radical (unpaired) electrons. The number of aryl methyl sites for hydroxylation is 2. The maximum Gasteiger partial charge on any atom is 0.253 e. The number of rotatable bonds is 11. The third-order valence-corrected chi connectivity index (χ3v) is 12.3. The number of hydrogen-bond donors (Lipinski definition) is 1. The molecule has 0 saturated carbocycles. The summed E-state index contributed by atoms with van der Waals surface area (Å²) in [5.74, 6) is -2.66. The molecule has 12 nitrogen and oxygen atoms in total. The lowest BCUT2D eigenvalue weighted by Gasteiger charge is -2.11. The molecule has 0 spiro atoms. The largest absolute Gasteiger partial charge is 0.423 e. The van der Waals surface area contributed by atoms with Gasteiger partial charge >= 0.3 is 0 Å². The third kappa shape index (κ3) is 7.13. The van der Waals surface area contributed by atoms with Gasteiger partial charge in [0.1, 0.15) is 22.1 Å². The van der Waals surface area contributed by atoms with E-state index in [4.69, 9.17) is 9.52 Å². The van der Waals surface area contributed by atoms with Crippen LogP contribution >= 0.6 is 0 Å². The van der Waals surface area contributed by atoms with Crippen LogP contribution in [0.5, 0.6) is 0 Å². The second kappa shape index (κ2) is 12.9. The maximum absolute atomic E-state index is 14.4. The summed E-state index contributed by atoms with van der Waals surface area (Å²) in [5.41, 5.74) is 4.06. The number of sulfone groups is 1. The monoisotopic (exact) mass is 703 g/mol. The van der Waals surface area contributed by atoms with Crippen molar-refractivity contribution in [1.29, 1.82) is 0 Å². The Bertz CT molecular complexity index is 2410. The molecule has 2 heterocycles. The van der Waals surface area contributed by atoms with Crippen LogP contribution < -0.4 is 4.13 Å². The first-order valence-electron chi connectivity index (χ1n) is 14.5. The van der Waals surface area contributed by atoms with Gasteiger partial charge in [0, 0.05) is 11.1 Å². The standard InChI is InChI=1S/C33H29N5O7S3/c1-23-13-17-26(18-14-23)32-33(31(25-9-5-3-6-10-25)36-38(32)27-11-7-4-8-12-27)46(39,40)21-29-34-35-30(45-29)22-47(41,42)37-48(43,44)28-19-15-24(2)16-20-28/h3-20,37H,21-22H2,1-2H3. The lowest BCUT2D eigenvalue weighted by Crippen LogP contribution is -2.31. The zero-order valence-electron chi connectivity index (χ0n) is 25.7. The highest BCUT2D eigenvalue weighted by molar-refractivity contribution is 8.04. The molecule has 0 aliphatic heterocycles. The molecular formula is C33H29N5O7S3. The van der Waals surface area contributed by atoms with Crippen LogP contribution in [0.3, 0.4) is 0 Å². The molecule has 2 aromatic heterocycles. The van der Waals surface area contributed by atoms with Crippen LogP contribution in [0.1, 0.15) is 22.9 Å². The van der Waals surface area contributed by atoms with Gasteiger partial charge in [-0.05, 0) is 38.1 Å². The average molecular weight is 704 g/mol. The Morgan fingerprint density at radius 1 is 0.646 bits per heavy atom. The summed E-state index contributed by atoms with van der Waals surface area (Å²) in [5, 5.41) is 12.3. The Balaban J connectivity index is 1.37. The highest BCUT2D eigenvalue weighted by Gasteiger charge is 2.33. The molecule has 48 heavy (non-hydrogen) atoms. The number of para-hydroxylation sites is 1. The van der Waals surface area contributed by atoms with Gasteiger partial charge in [-0.25, -0.2) is 29.9 Å². The lowest BCUT2D eigenvalue weighted by atomic mass is 10.1. The van der Waals surface area contributed by atoms with E-state index >= 15 is 0 Å². The molecule has 246 valence electrons. The van der Waals surface area contributed by atoms with Crippen molar-refractivity contribution in [3.8, 4) is 28.2 Å². The SMILES string of the molecule is Cc1ccc(-c2c(S(=O)(=O)Cc3nnc(CS(=O)(=O)NS(=O)(=O)c4ccc(C)cc4)o3)c(-c3ccccc3)nn2-c2ccccc2)cc1. The molecule has 0 unspecified atom stereocenters. The zero-order chi connectivity index (χ0) is 34.1. The molecule has 0 fully saturated rings. The second-order valence-corrected chi connectivity index (χ2v) is 16.6. The average Bonchev–Trinajstić information content (AvgIpc) is 3.66. The van der Waals surface area contributed by atoms with Crippen LogP contribution in [0.15, 0.2) is 123 Å². The normalized spacial score (nSPS) is 12.3. The Labute approximate surface area is 278 Å². The van der Waals surface area contributed by atoms with Gasteiger partial charge in [0.05, 0.1) is 16.3 Å². The number of aromatic nitrogens is 4. The van der Waals surface area contributed by atoms with E-state index in [-0.39, 0.29) is 21.4 Å². The summed E-state index contributed by atoms with van der Waals surface area (Å²) in [6, 6.07) is 30.9. The van der Waals surface area contributed by atoms with E-state index in [0.717, 1.165) is 11.1 Å². The Morgan fingerprint density at radius 3 is 1.79 bits per heavy atom. The van der Waals surface area contributed by atoms with Crippen LogP contribution in [0, 0.1) is 13.8 Å². The number of hydrogen-bond acceptors (Lipinski definition) is 10. The van der Waals surface area contributed by atoms with Gasteiger partial charge in [0.15, 0.2) is 9.84 Å². The van der Waals surface area contributed by atoms with Gasteiger partial charge in [-0.15, -0.1) is 14.3 Å². The molecule has 0 aliphatic carbocycles. The van der Waals surface area contributed by atoms with Crippen LogP contribution in [-0.4, -0.2) is 45.2 Å². The summed E-state index contributed by atoms with van der Waals surface area (Å²) in [6.45, 7) is 3.68. The molecule has 0 amide bonds. The minimum absolute atomic E-state index is 0.0837. The fraction of sp³-hybridized carbons (Fsp3) is 0.121. The van der Waals surface area contributed by atoms with E-state index in [2.05, 4.69) is 10.2 Å². The molecule has 0 aliphatic rings. The van der Waals surface area contributed by atoms with Crippen molar-refractivity contribution in [2.24, 2.45) is 0 Å². The number of sulfonamides is 2. The molecule has 0 saturated heterocycles. The Kier molecular flexibility index (Phi) is 8.87. The maximum atomic E-state index is 14.4. The minimum atomic E-state index is -4.55. The van der Waals surface area contributed by atoms with Crippen molar-refractivity contribution in [2.45, 2.75) is 35.1 Å². The zero-order valence-corrected chi connectivity index (χ0v) is 28.1. The van der Waals surface area contributed by atoms with E-state index in [9.17, 15) is 25.3 Å². The van der Waals surface area contributed by atoms with Gasteiger partial charge in [-0.3, -0.25) is 0 Å². The number of nitrogens with zero attached hydrogens (tertiary/aromatic N) is 4. The molecular weight excluding hydrogens is 675 g/mol. The molecule has 0 bridgehead atoms. The molecule has 6 rings (SSSR count). The Morgan fingerprint density at radius 2 is 1.19 bits per heavy atom. The van der Waals surface area contributed by atoms with Crippen molar-refractivity contribution in [1.82, 2.24) is 24.1 Å². The van der Waals surface area contributed by atoms with Crippen molar-refractivity contribution >= 4 is 29.9 Å². The van der Waals surface area contributed by atoms with Crippen LogP contribution in [-0.2, 0) is 41.4 Å². The summed E-state index contributed by atoms with van der Waals surface area (Å²) in [4.78, 5) is -0.330. The molecule has 6 aromatic rings. The predicted octanol–water partition coefficient (Wildman–Crippen LogP) is 4.99. The molecule has 15 heteroatoms. The molecule has 0 atom stereocenters. The van der Waals surface area contributed by atoms with E-state index < -0.39 is 47.3 Å². The van der Waals surface area contributed by atoms with Gasteiger partial charge < -0.3 is 4.42 Å². The summed E-state index contributed by atoms with van der Waals surface area (Å²) >= 11 is 0. The lowest BCUT2D eigenvalue weighted by molar-refractivity contribution is 0.472. The topological polar surface area (TPSA) is 171 Å². The number of nitrogens with one attached hydrogen (secondary N) is 1. The van der Waals surface area contributed by atoms with Crippen molar-refractivity contribution in [3.05, 3.63) is 132 Å². The van der Waals surface area contributed by atoms with E-state index in [1.165, 1.54) is 24.3 Å². The van der Waals surface area contributed by atoms with Crippen molar-refractivity contribution in [2.75, 3.05) is 0 Å². The summed E-state index contributed by atoms with van der Waals surface area (Å²) < 4.78 is 88.4. The fourth-order valence-corrected chi connectivity index (χ4v) is 9.40. The van der Waals surface area contributed by atoms with E-state index in [0.29, 0.717) is 22.5 Å². The van der Waals surface area contributed by atoms with Gasteiger partial charge in [0.2, 0.25) is 21.8 Å². The first kappa shape index (κ1) is 33.0. The highest BCUT2D eigenvalue weighted by atomic mass is 32.3. The minimum Gasteiger partial charge on any atom is -0.423 e. The van der Waals surface area contributed by atoms with E-state index in [1.807, 2.05) is 67.6 Å². The smallest absolute Gasteiger partial charge is 0.253 e. The first-order valence-corrected chi connectivity index (χ1v) is 19.3. The predicted molar refractivity (Wildman–Crippen MR) is 178 cm³/mol. The van der Waals surface area contributed by atoms with Crippen molar-refractivity contribution < 1.29 is 29.7 Å². The van der Waals surface area contributed by atoms with Gasteiger partial charge in [-0.2, -0.15) is 5.10 Å². The highest BCUT2D eigenvalue weighted by Crippen LogP contribution is 2.39. The van der Waals surface area contributed by atoms with Crippen LogP contribution in [0.25, 0.3) is 28.2 Å². The van der Waals surface area contributed by atoms with Gasteiger partial charge in [-0.1, -0.05) is 96.1 Å². The number of benzene rings is 4. The summed E-state index contributed by atoms with van der Waals surface area (Å²) in [6.07, 6.45) is 0. The van der Waals surface area contributed by atoms with Gasteiger partial charge in [0.25, 0.3) is 10.0 Å². The molecule has 1 N–H and O–H groups in total. The third-order valence-electron chi connectivity index (χ3n) is 7.23. The first-order chi connectivity index (χ1) is 22.8.